The lowest BCUT2D eigenvalue weighted by atomic mass is 9.84. The third-order valence-corrected chi connectivity index (χ3v) is 5.66. The quantitative estimate of drug-likeness (QED) is 0.414. The Morgan fingerprint density at radius 1 is 1.30 bits per heavy atom. The molecule has 1 aromatic carbocycles. The minimum atomic E-state index is -0.309. The van der Waals surface area contributed by atoms with Gasteiger partial charge >= 0.3 is 5.97 Å². The number of esters is 1. The van der Waals surface area contributed by atoms with E-state index in [4.69, 9.17) is 4.74 Å². The number of hydrogen-bond acceptors (Lipinski definition) is 5. The number of carbonyl (C=O) groups excluding carboxylic acids is 1. The second-order valence-corrected chi connectivity index (χ2v) is 8.28. The average molecular weight is 416 g/mol. The molecule has 0 saturated carbocycles. The molecule has 1 fully saturated rings. The predicted octanol–water partition coefficient (Wildman–Crippen LogP) is 4.72. The number of benzene rings is 1. The number of aliphatic hydroxyl groups is 1. The molecular weight excluding hydrogens is 378 g/mol. The predicted molar refractivity (Wildman–Crippen MR) is 121 cm³/mol. The van der Waals surface area contributed by atoms with Crippen LogP contribution in [0, 0.1) is 0 Å². The summed E-state index contributed by atoms with van der Waals surface area (Å²) in [6, 6.07) is 3.68. The van der Waals surface area contributed by atoms with Crippen molar-refractivity contribution in [2.75, 3.05) is 19.6 Å². The maximum atomic E-state index is 12.5. The van der Waals surface area contributed by atoms with Crippen LogP contribution in [0.15, 0.2) is 36.4 Å². The van der Waals surface area contributed by atoms with Crippen LogP contribution < -0.4 is 4.74 Å². The van der Waals surface area contributed by atoms with Crippen molar-refractivity contribution in [3.8, 4) is 11.5 Å². The van der Waals surface area contributed by atoms with E-state index in [-0.39, 0.29) is 30.3 Å². The van der Waals surface area contributed by atoms with Crippen LogP contribution in [0.1, 0.15) is 69.9 Å². The Bertz CT molecular complexity index is 748. The third-order valence-electron chi connectivity index (χ3n) is 5.66. The maximum Gasteiger partial charge on any atom is 0.325 e. The maximum absolute atomic E-state index is 12.5. The summed E-state index contributed by atoms with van der Waals surface area (Å²) in [5.41, 5.74) is 3.00. The van der Waals surface area contributed by atoms with Gasteiger partial charge in [0.2, 0.25) is 0 Å². The molecule has 1 heterocycles. The monoisotopic (exact) mass is 415 g/mol. The smallest absolute Gasteiger partial charge is 0.325 e. The SMILES string of the molecule is C=CC.CCc1cc(O)c(C2C=C(C)CCC2)c(OC(=O)CN2CCC(O)CC2)c1. The van der Waals surface area contributed by atoms with Gasteiger partial charge in [0.25, 0.3) is 0 Å². The van der Waals surface area contributed by atoms with Crippen LogP contribution in [0.3, 0.4) is 0 Å². The lowest BCUT2D eigenvalue weighted by Gasteiger charge is -2.28. The van der Waals surface area contributed by atoms with Crippen LogP contribution in [0.4, 0.5) is 0 Å². The zero-order valence-corrected chi connectivity index (χ0v) is 18.7. The van der Waals surface area contributed by atoms with E-state index < -0.39 is 0 Å². The van der Waals surface area contributed by atoms with Crippen molar-refractivity contribution in [3.63, 3.8) is 0 Å². The van der Waals surface area contributed by atoms with Gasteiger partial charge in [0.15, 0.2) is 0 Å². The second kappa shape index (κ2) is 11.9. The van der Waals surface area contributed by atoms with E-state index >= 15 is 0 Å². The van der Waals surface area contributed by atoms with E-state index in [1.54, 1.807) is 12.1 Å². The molecule has 5 heteroatoms. The molecule has 2 N–H and O–H groups in total. The number of rotatable bonds is 5. The molecule has 0 spiro atoms. The molecule has 2 aliphatic rings. The van der Waals surface area contributed by atoms with Gasteiger partial charge in [-0.3, -0.25) is 9.69 Å². The first-order chi connectivity index (χ1) is 14.4. The molecule has 1 atom stereocenters. The van der Waals surface area contributed by atoms with Crippen LogP contribution >= 0.6 is 0 Å². The van der Waals surface area contributed by atoms with E-state index in [0.717, 1.165) is 36.8 Å². The number of ether oxygens (including phenoxy) is 1. The summed E-state index contributed by atoms with van der Waals surface area (Å²) in [5.74, 6) is 0.480. The summed E-state index contributed by atoms with van der Waals surface area (Å²) >= 11 is 0. The standard InChI is InChI=1S/C22H31NO4.C3H6/c1-3-16-12-19(25)22(17-6-4-5-15(2)11-17)20(13-16)27-21(26)14-23-9-7-18(24)8-10-23;1-3-2/h11-13,17-18,24-25H,3-10,14H2,1-2H3;3H,1H2,2H3. The number of likely N-dealkylation sites (tertiary alicyclic amines) is 1. The minimum Gasteiger partial charge on any atom is -0.507 e. The second-order valence-electron chi connectivity index (χ2n) is 8.28. The van der Waals surface area contributed by atoms with Gasteiger partial charge in [0.05, 0.1) is 12.6 Å². The van der Waals surface area contributed by atoms with Gasteiger partial charge in [-0.05, 0) is 70.1 Å². The number of nitrogens with zero attached hydrogens (tertiary/aromatic N) is 1. The topological polar surface area (TPSA) is 70.0 Å². The highest BCUT2D eigenvalue weighted by molar-refractivity contribution is 5.75. The Kier molecular flexibility index (Phi) is 9.60. The highest BCUT2D eigenvalue weighted by atomic mass is 16.5. The zero-order chi connectivity index (χ0) is 22.1. The van der Waals surface area contributed by atoms with Crippen molar-refractivity contribution in [1.82, 2.24) is 4.90 Å². The number of aliphatic hydroxyl groups excluding tert-OH is 1. The van der Waals surface area contributed by atoms with Crippen LogP contribution in [-0.2, 0) is 11.2 Å². The van der Waals surface area contributed by atoms with Gasteiger partial charge in [-0.1, -0.05) is 24.6 Å². The molecule has 30 heavy (non-hydrogen) atoms. The Balaban J connectivity index is 0.00000101. The Labute approximate surface area is 181 Å². The van der Waals surface area contributed by atoms with Crippen LogP contribution in [-0.4, -0.2) is 46.8 Å². The Morgan fingerprint density at radius 3 is 2.57 bits per heavy atom. The summed E-state index contributed by atoms with van der Waals surface area (Å²) in [4.78, 5) is 14.6. The van der Waals surface area contributed by atoms with Crippen LogP contribution in [0.25, 0.3) is 0 Å². The largest absolute Gasteiger partial charge is 0.507 e. The molecule has 1 aromatic rings. The van der Waals surface area contributed by atoms with E-state index in [1.807, 2.05) is 24.8 Å². The van der Waals surface area contributed by atoms with Crippen molar-refractivity contribution in [1.29, 1.82) is 0 Å². The molecule has 5 nitrogen and oxygen atoms in total. The highest BCUT2D eigenvalue weighted by Gasteiger charge is 2.25. The molecule has 0 amide bonds. The molecule has 0 bridgehead atoms. The normalized spacial score (nSPS) is 20.0. The molecule has 166 valence electrons. The van der Waals surface area contributed by atoms with Crippen molar-refractivity contribution in [2.24, 2.45) is 0 Å². The molecule has 1 aliphatic heterocycles. The third kappa shape index (κ3) is 6.99. The summed E-state index contributed by atoms with van der Waals surface area (Å²) in [6.45, 7) is 11.0. The summed E-state index contributed by atoms with van der Waals surface area (Å²) in [6.07, 6.45) is 8.93. The number of piperidine rings is 1. The molecule has 1 aliphatic carbocycles. The van der Waals surface area contributed by atoms with Crippen molar-refractivity contribution in [3.05, 3.63) is 47.6 Å². The lowest BCUT2D eigenvalue weighted by Crippen LogP contribution is -2.40. The molecule has 1 unspecified atom stereocenters. The van der Waals surface area contributed by atoms with Gasteiger partial charge < -0.3 is 14.9 Å². The highest BCUT2D eigenvalue weighted by Crippen LogP contribution is 2.42. The number of aryl methyl sites for hydroxylation is 1. The first-order valence-electron chi connectivity index (χ1n) is 11.1. The molecule has 0 aromatic heterocycles. The number of phenols is 1. The summed E-state index contributed by atoms with van der Waals surface area (Å²) < 4.78 is 5.75. The molecule has 1 saturated heterocycles. The number of aromatic hydroxyl groups is 1. The first kappa shape index (κ1) is 24.2. The minimum absolute atomic E-state index is 0.0811. The fourth-order valence-electron chi connectivity index (χ4n) is 4.08. The lowest BCUT2D eigenvalue weighted by molar-refractivity contribution is -0.136. The molecule has 3 rings (SSSR count). The zero-order valence-electron chi connectivity index (χ0n) is 18.7. The number of phenolic OH excluding ortho intramolecular Hbond substituents is 1. The number of carbonyl (C=O) groups is 1. The van der Waals surface area contributed by atoms with Gasteiger partial charge in [-0.2, -0.15) is 0 Å². The van der Waals surface area contributed by atoms with Crippen molar-refractivity contribution in [2.45, 2.75) is 71.3 Å². The van der Waals surface area contributed by atoms with Gasteiger partial charge in [-0.25, -0.2) is 0 Å². The first-order valence-corrected chi connectivity index (χ1v) is 11.1. The number of hydrogen-bond donors (Lipinski definition) is 2. The van der Waals surface area contributed by atoms with Crippen molar-refractivity contribution < 1.29 is 19.7 Å². The Morgan fingerprint density at radius 2 is 1.97 bits per heavy atom. The summed E-state index contributed by atoms with van der Waals surface area (Å²) in [7, 11) is 0. The van der Waals surface area contributed by atoms with E-state index in [1.165, 1.54) is 5.57 Å². The van der Waals surface area contributed by atoms with E-state index in [2.05, 4.69) is 19.6 Å². The van der Waals surface area contributed by atoms with E-state index in [0.29, 0.717) is 31.7 Å². The molecular formula is C25H37NO4. The van der Waals surface area contributed by atoms with Crippen LogP contribution in [0.2, 0.25) is 0 Å². The molecule has 0 radical (unpaired) electrons. The van der Waals surface area contributed by atoms with Crippen molar-refractivity contribution >= 4 is 5.97 Å². The summed E-state index contributed by atoms with van der Waals surface area (Å²) in [5, 5.41) is 20.3. The van der Waals surface area contributed by atoms with Gasteiger partial charge in [0, 0.05) is 24.6 Å². The van der Waals surface area contributed by atoms with Crippen LogP contribution in [0.5, 0.6) is 11.5 Å². The van der Waals surface area contributed by atoms with Gasteiger partial charge in [0.1, 0.15) is 11.5 Å². The fraction of sp³-hybridized carbons (Fsp3) is 0.560. The number of allylic oxidation sites excluding steroid dienone is 3. The Hall–Kier alpha value is -2.11. The van der Waals surface area contributed by atoms with Gasteiger partial charge in [-0.15, -0.1) is 6.58 Å². The fourth-order valence-corrected chi connectivity index (χ4v) is 4.08. The average Bonchev–Trinajstić information content (AvgIpc) is 2.70. The van der Waals surface area contributed by atoms with E-state index in [9.17, 15) is 15.0 Å².